The Morgan fingerprint density at radius 2 is 2.22 bits per heavy atom. The maximum atomic E-state index is 13.7. The van der Waals surface area contributed by atoms with Crippen molar-refractivity contribution >= 4 is 5.82 Å². The summed E-state index contributed by atoms with van der Waals surface area (Å²) in [5.74, 6) is 1.12. The van der Waals surface area contributed by atoms with Gasteiger partial charge in [-0.2, -0.15) is 9.97 Å². The van der Waals surface area contributed by atoms with Crippen molar-refractivity contribution in [3.8, 4) is 5.88 Å². The summed E-state index contributed by atoms with van der Waals surface area (Å²) in [5, 5.41) is 16.9. The first-order valence-electron chi connectivity index (χ1n) is 7.49. The zero-order valence-corrected chi connectivity index (χ0v) is 13.0. The first-order valence-corrected chi connectivity index (χ1v) is 7.49. The molecule has 1 fully saturated rings. The maximum absolute atomic E-state index is 13.7. The number of pyridine rings is 1. The number of ether oxygens (including phenoxy) is 1. The van der Waals surface area contributed by atoms with Gasteiger partial charge in [0, 0.05) is 24.4 Å². The van der Waals surface area contributed by atoms with Gasteiger partial charge in [-0.25, -0.2) is 4.39 Å². The van der Waals surface area contributed by atoms with Gasteiger partial charge in [-0.3, -0.25) is 0 Å². The quantitative estimate of drug-likeness (QED) is 0.868. The Morgan fingerprint density at radius 3 is 2.91 bits per heavy atom. The largest absolute Gasteiger partial charge is 0.481 e. The molecule has 124 valence electrons. The lowest BCUT2D eigenvalue weighted by Gasteiger charge is -2.16. The first-order chi connectivity index (χ1) is 11.1. The summed E-state index contributed by atoms with van der Waals surface area (Å²) >= 11 is 0. The lowest BCUT2D eigenvalue weighted by molar-refractivity contribution is 0.137. The van der Waals surface area contributed by atoms with Crippen LogP contribution in [-0.4, -0.2) is 40.0 Å². The van der Waals surface area contributed by atoms with E-state index >= 15 is 0 Å². The fourth-order valence-electron chi connectivity index (χ4n) is 2.89. The molecule has 2 N–H and O–H groups in total. The van der Waals surface area contributed by atoms with Crippen LogP contribution in [0.5, 0.6) is 5.88 Å². The van der Waals surface area contributed by atoms with Crippen LogP contribution in [0.3, 0.4) is 0 Å². The van der Waals surface area contributed by atoms with Gasteiger partial charge in [0.25, 0.3) is 0 Å². The molecule has 0 bridgehead atoms. The van der Waals surface area contributed by atoms with Gasteiger partial charge in [-0.05, 0) is 25.8 Å². The van der Waals surface area contributed by atoms with E-state index in [0.717, 1.165) is 0 Å². The third kappa shape index (κ3) is 3.42. The van der Waals surface area contributed by atoms with Crippen molar-refractivity contribution in [2.24, 2.45) is 5.92 Å². The molecule has 0 radical (unpaired) electrons. The molecule has 0 spiro atoms. The van der Waals surface area contributed by atoms with Crippen LogP contribution in [0.25, 0.3) is 0 Å². The Kier molecular flexibility index (Phi) is 4.42. The van der Waals surface area contributed by atoms with Crippen LogP contribution < -0.4 is 10.1 Å². The molecule has 3 atom stereocenters. The highest BCUT2D eigenvalue weighted by atomic mass is 19.1. The molecule has 0 unspecified atom stereocenters. The highest BCUT2D eigenvalue weighted by molar-refractivity contribution is 5.39. The highest BCUT2D eigenvalue weighted by Crippen LogP contribution is 2.38. The van der Waals surface area contributed by atoms with Crippen LogP contribution in [0.2, 0.25) is 0 Å². The lowest BCUT2D eigenvalue weighted by Crippen LogP contribution is -2.22. The van der Waals surface area contributed by atoms with E-state index in [-0.39, 0.29) is 17.7 Å². The summed E-state index contributed by atoms with van der Waals surface area (Å²) in [5.41, 5.74) is 0. The number of hydrogen-bond donors (Lipinski definition) is 2. The van der Waals surface area contributed by atoms with Crippen LogP contribution >= 0.6 is 0 Å². The van der Waals surface area contributed by atoms with Crippen molar-refractivity contribution in [1.82, 2.24) is 15.1 Å². The summed E-state index contributed by atoms with van der Waals surface area (Å²) in [4.78, 5) is 8.24. The van der Waals surface area contributed by atoms with E-state index < -0.39 is 11.9 Å². The number of aryl methyl sites for hydroxylation is 1. The minimum atomic E-state index is -0.506. The highest BCUT2D eigenvalue weighted by Gasteiger charge is 2.36. The molecule has 8 heteroatoms. The summed E-state index contributed by atoms with van der Waals surface area (Å²) in [6.07, 6.45) is 0.747. The average Bonchev–Trinajstić information content (AvgIpc) is 3.12. The Hall–Kier alpha value is -2.22. The molecule has 7 nitrogen and oxygen atoms in total. The molecule has 2 aromatic rings. The van der Waals surface area contributed by atoms with E-state index in [1.165, 1.54) is 19.2 Å². The third-order valence-electron chi connectivity index (χ3n) is 4.11. The first kappa shape index (κ1) is 15.7. The number of aromatic nitrogens is 3. The monoisotopic (exact) mass is 322 g/mol. The molecule has 0 aromatic carbocycles. The number of nitrogens with one attached hydrogen (secondary N) is 1. The summed E-state index contributed by atoms with van der Waals surface area (Å²) in [6, 6.07) is 2.75. The fraction of sp³-hybridized carbons (Fsp3) is 0.533. The Balaban J connectivity index is 1.62. The van der Waals surface area contributed by atoms with Crippen molar-refractivity contribution in [2.75, 3.05) is 19.0 Å². The Morgan fingerprint density at radius 1 is 1.39 bits per heavy atom. The number of methoxy groups -OCH3 is 1. The molecule has 1 aliphatic carbocycles. The number of nitrogens with zero attached hydrogens (tertiary/aromatic N) is 3. The Bertz CT molecular complexity index is 678. The standard InChI is InChI=1S/C15H19FN4O3/c1-8-18-15(23-20-8)9-5-10(12(21)6-9)7-17-14-11(16)3-4-13(19-14)22-2/h3-4,9-10,12,21H,5-7H2,1-2H3,(H,17,19)/t9-,10+,12+/m0/s1. The van der Waals surface area contributed by atoms with Crippen molar-refractivity contribution < 1.29 is 18.8 Å². The molecular formula is C15H19FN4O3. The molecule has 2 aromatic heterocycles. The molecule has 2 heterocycles. The molecular weight excluding hydrogens is 303 g/mol. The zero-order valence-electron chi connectivity index (χ0n) is 13.0. The van der Waals surface area contributed by atoms with Gasteiger partial charge in [0.05, 0.1) is 13.2 Å². The van der Waals surface area contributed by atoms with Crippen LogP contribution in [0.1, 0.15) is 30.5 Å². The van der Waals surface area contributed by atoms with Crippen LogP contribution in [-0.2, 0) is 0 Å². The van der Waals surface area contributed by atoms with Gasteiger partial charge in [-0.15, -0.1) is 0 Å². The van der Waals surface area contributed by atoms with Crippen molar-refractivity contribution in [2.45, 2.75) is 31.8 Å². The van der Waals surface area contributed by atoms with Gasteiger partial charge in [-0.1, -0.05) is 5.16 Å². The van der Waals surface area contributed by atoms with E-state index in [1.54, 1.807) is 6.92 Å². The van der Waals surface area contributed by atoms with Crippen molar-refractivity contribution in [1.29, 1.82) is 0 Å². The predicted molar refractivity (Wildman–Crippen MR) is 79.7 cm³/mol. The molecule has 1 saturated carbocycles. The minimum absolute atomic E-state index is 0.0288. The molecule has 0 aliphatic heterocycles. The number of rotatable bonds is 5. The third-order valence-corrected chi connectivity index (χ3v) is 4.11. The minimum Gasteiger partial charge on any atom is -0.481 e. The SMILES string of the molecule is COc1ccc(F)c(NC[C@H]2C[C@H](c3nc(C)no3)C[C@H]2O)n1. The van der Waals surface area contributed by atoms with Gasteiger partial charge >= 0.3 is 0 Å². The summed E-state index contributed by atoms with van der Waals surface area (Å²) in [7, 11) is 1.47. The van der Waals surface area contributed by atoms with E-state index in [2.05, 4.69) is 20.4 Å². The maximum Gasteiger partial charge on any atom is 0.229 e. The summed E-state index contributed by atoms with van der Waals surface area (Å²) in [6.45, 7) is 2.16. The second-order valence-electron chi connectivity index (χ2n) is 5.74. The second-order valence-corrected chi connectivity index (χ2v) is 5.74. The lowest BCUT2D eigenvalue weighted by atomic mass is 10.0. The zero-order chi connectivity index (χ0) is 16.4. The topological polar surface area (TPSA) is 93.3 Å². The molecule has 0 amide bonds. The van der Waals surface area contributed by atoms with E-state index in [1.807, 2.05) is 0 Å². The summed E-state index contributed by atoms with van der Waals surface area (Å²) < 4.78 is 23.9. The molecule has 1 aliphatic rings. The number of halogens is 1. The second kappa shape index (κ2) is 6.49. The smallest absolute Gasteiger partial charge is 0.229 e. The van der Waals surface area contributed by atoms with Gasteiger partial charge < -0.3 is 19.7 Å². The Labute approximate surface area is 132 Å². The predicted octanol–water partition coefficient (Wildman–Crippen LogP) is 1.89. The van der Waals surface area contributed by atoms with E-state index in [0.29, 0.717) is 37.0 Å². The molecule has 3 rings (SSSR count). The van der Waals surface area contributed by atoms with Crippen LogP contribution in [0, 0.1) is 18.7 Å². The number of anilines is 1. The van der Waals surface area contributed by atoms with Crippen molar-refractivity contribution in [3.63, 3.8) is 0 Å². The normalized spacial score (nSPS) is 23.9. The molecule has 0 saturated heterocycles. The average molecular weight is 322 g/mol. The van der Waals surface area contributed by atoms with E-state index in [4.69, 9.17) is 9.26 Å². The van der Waals surface area contributed by atoms with Gasteiger partial charge in [0.1, 0.15) is 0 Å². The fourth-order valence-corrected chi connectivity index (χ4v) is 2.89. The number of hydrogen-bond acceptors (Lipinski definition) is 7. The van der Waals surface area contributed by atoms with Crippen LogP contribution in [0.4, 0.5) is 10.2 Å². The molecule has 23 heavy (non-hydrogen) atoms. The number of aliphatic hydroxyl groups is 1. The van der Waals surface area contributed by atoms with Crippen molar-refractivity contribution in [3.05, 3.63) is 29.7 Å². The van der Waals surface area contributed by atoms with E-state index in [9.17, 15) is 9.50 Å². The van der Waals surface area contributed by atoms with Gasteiger partial charge in [0.2, 0.25) is 11.8 Å². The van der Waals surface area contributed by atoms with Gasteiger partial charge in [0.15, 0.2) is 17.5 Å². The van der Waals surface area contributed by atoms with Crippen LogP contribution in [0.15, 0.2) is 16.7 Å². The number of aliphatic hydroxyl groups excluding tert-OH is 1.